The molecule has 0 unspecified atom stereocenters. The highest BCUT2D eigenvalue weighted by atomic mass is 16.4. The highest BCUT2D eigenvalue weighted by Gasteiger charge is 2.36. The van der Waals surface area contributed by atoms with Crippen molar-refractivity contribution in [1.29, 1.82) is 0 Å². The molecule has 1 fully saturated rings. The van der Waals surface area contributed by atoms with E-state index in [2.05, 4.69) is 17.2 Å². The van der Waals surface area contributed by atoms with E-state index in [1.54, 1.807) is 10.9 Å². The number of β-amino-alcohol motifs (C(OH)–C–C–N with tert-alkyl or cyclic N) is 1. The number of likely N-dealkylation sites (tertiary alicyclic amines) is 1. The van der Waals surface area contributed by atoms with Crippen molar-refractivity contribution in [1.82, 2.24) is 14.7 Å². The number of benzene rings is 1. The minimum absolute atomic E-state index is 0.275. The Kier molecular flexibility index (Phi) is 4.19. The SMILES string of the molecule is Cc1cc(C)c(CN2C[C@H](O)C[C@H]2C(=O)O)c(-n2cccn2)c1. The summed E-state index contributed by atoms with van der Waals surface area (Å²) in [7, 11) is 0. The molecule has 0 radical (unpaired) electrons. The molecule has 6 nitrogen and oxygen atoms in total. The van der Waals surface area contributed by atoms with Crippen LogP contribution in [0.25, 0.3) is 5.69 Å². The van der Waals surface area contributed by atoms with E-state index in [1.807, 2.05) is 31.0 Å². The average Bonchev–Trinajstić information content (AvgIpc) is 3.11. The summed E-state index contributed by atoms with van der Waals surface area (Å²) in [5.41, 5.74) is 4.23. The predicted molar refractivity (Wildman–Crippen MR) is 85.5 cm³/mol. The molecule has 0 saturated carbocycles. The standard InChI is InChI=1S/C17H21N3O3/c1-11-6-12(2)14(15(7-11)20-5-3-4-18-20)10-19-9-13(21)8-16(19)17(22)23/h3-7,13,16,21H,8-10H2,1-2H3,(H,22,23)/t13-,16+/m1/s1. The molecule has 1 aromatic carbocycles. The summed E-state index contributed by atoms with van der Waals surface area (Å²) in [5, 5.41) is 23.5. The van der Waals surface area contributed by atoms with Gasteiger partial charge in [0.05, 0.1) is 11.8 Å². The Bertz CT molecular complexity index is 712. The van der Waals surface area contributed by atoms with Crippen molar-refractivity contribution in [2.24, 2.45) is 0 Å². The van der Waals surface area contributed by atoms with Crippen molar-refractivity contribution in [3.05, 3.63) is 47.3 Å². The lowest BCUT2D eigenvalue weighted by Gasteiger charge is -2.24. The first-order valence-corrected chi connectivity index (χ1v) is 7.70. The van der Waals surface area contributed by atoms with Crippen LogP contribution in [0.2, 0.25) is 0 Å². The Morgan fingerprint density at radius 1 is 1.39 bits per heavy atom. The van der Waals surface area contributed by atoms with Crippen LogP contribution in [0.5, 0.6) is 0 Å². The van der Waals surface area contributed by atoms with Crippen LogP contribution in [0.3, 0.4) is 0 Å². The molecule has 0 bridgehead atoms. The van der Waals surface area contributed by atoms with Crippen molar-refractivity contribution in [2.45, 2.75) is 39.0 Å². The van der Waals surface area contributed by atoms with Crippen LogP contribution in [0.1, 0.15) is 23.1 Å². The Morgan fingerprint density at radius 3 is 2.83 bits per heavy atom. The van der Waals surface area contributed by atoms with Gasteiger partial charge in [0.1, 0.15) is 6.04 Å². The lowest BCUT2D eigenvalue weighted by atomic mass is 10.0. The van der Waals surface area contributed by atoms with Gasteiger partial charge in [0.2, 0.25) is 0 Å². The number of aliphatic hydroxyl groups excluding tert-OH is 1. The van der Waals surface area contributed by atoms with Crippen LogP contribution in [-0.2, 0) is 11.3 Å². The zero-order chi connectivity index (χ0) is 16.6. The minimum Gasteiger partial charge on any atom is -0.480 e. The number of carbonyl (C=O) groups is 1. The highest BCUT2D eigenvalue weighted by Crippen LogP contribution is 2.26. The van der Waals surface area contributed by atoms with Gasteiger partial charge in [-0.05, 0) is 42.7 Å². The number of aliphatic carboxylic acids is 1. The van der Waals surface area contributed by atoms with Crippen LogP contribution in [-0.4, -0.2) is 49.6 Å². The lowest BCUT2D eigenvalue weighted by molar-refractivity contribution is -0.142. The zero-order valence-electron chi connectivity index (χ0n) is 13.3. The molecule has 0 spiro atoms. The summed E-state index contributed by atoms with van der Waals surface area (Å²) in [6.45, 7) is 4.92. The summed E-state index contributed by atoms with van der Waals surface area (Å²) in [5.74, 6) is -0.882. The lowest BCUT2D eigenvalue weighted by Crippen LogP contribution is -2.36. The molecule has 122 valence electrons. The van der Waals surface area contributed by atoms with E-state index in [0.29, 0.717) is 13.1 Å². The maximum atomic E-state index is 11.4. The number of carboxylic acids is 1. The first-order chi connectivity index (χ1) is 11.0. The van der Waals surface area contributed by atoms with Crippen LogP contribution in [0.15, 0.2) is 30.6 Å². The molecule has 23 heavy (non-hydrogen) atoms. The van der Waals surface area contributed by atoms with Crippen LogP contribution < -0.4 is 0 Å². The molecule has 2 N–H and O–H groups in total. The number of aryl methyl sites for hydroxylation is 2. The van der Waals surface area contributed by atoms with Gasteiger partial charge < -0.3 is 10.2 Å². The molecule has 1 aliphatic rings. The second kappa shape index (κ2) is 6.14. The van der Waals surface area contributed by atoms with E-state index < -0.39 is 18.1 Å². The monoisotopic (exact) mass is 315 g/mol. The van der Waals surface area contributed by atoms with Crippen molar-refractivity contribution >= 4 is 5.97 Å². The molecular weight excluding hydrogens is 294 g/mol. The quantitative estimate of drug-likeness (QED) is 0.894. The average molecular weight is 315 g/mol. The largest absolute Gasteiger partial charge is 0.480 e. The Balaban J connectivity index is 1.98. The van der Waals surface area contributed by atoms with E-state index in [4.69, 9.17) is 0 Å². The predicted octanol–water partition coefficient (Wildman–Crippen LogP) is 1.51. The van der Waals surface area contributed by atoms with Gasteiger partial charge in [-0.15, -0.1) is 0 Å². The fourth-order valence-corrected chi connectivity index (χ4v) is 3.31. The molecule has 6 heteroatoms. The first-order valence-electron chi connectivity index (χ1n) is 7.70. The molecule has 1 saturated heterocycles. The molecular formula is C17H21N3O3. The Labute approximate surface area is 135 Å². The maximum absolute atomic E-state index is 11.4. The van der Waals surface area contributed by atoms with E-state index in [1.165, 1.54) is 0 Å². The topological polar surface area (TPSA) is 78.6 Å². The van der Waals surface area contributed by atoms with Gasteiger partial charge in [0, 0.05) is 31.9 Å². The Morgan fingerprint density at radius 2 is 2.17 bits per heavy atom. The third-order valence-corrected chi connectivity index (χ3v) is 4.37. The number of aromatic nitrogens is 2. The van der Waals surface area contributed by atoms with Gasteiger partial charge in [0.15, 0.2) is 0 Å². The normalized spacial score (nSPS) is 21.7. The molecule has 2 atom stereocenters. The molecule has 2 aromatic rings. The number of carboxylic acid groups (broad SMARTS) is 1. The van der Waals surface area contributed by atoms with Gasteiger partial charge in [0.25, 0.3) is 0 Å². The number of nitrogens with zero attached hydrogens (tertiary/aromatic N) is 3. The second-order valence-corrected chi connectivity index (χ2v) is 6.20. The van der Waals surface area contributed by atoms with E-state index in [9.17, 15) is 15.0 Å². The van der Waals surface area contributed by atoms with E-state index in [0.717, 1.165) is 22.4 Å². The second-order valence-electron chi connectivity index (χ2n) is 6.20. The summed E-state index contributed by atoms with van der Waals surface area (Å²) in [6, 6.07) is 5.36. The molecule has 0 aliphatic carbocycles. The Hall–Kier alpha value is -2.18. The number of aliphatic hydroxyl groups is 1. The van der Waals surface area contributed by atoms with Gasteiger partial charge in [-0.2, -0.15) is 5.10 Å². The molecule has 1 aromatic heterocycles. The maximum Gasteiger partial charge on any atom is 0.321 e. The van der Waals surface area contributed by atoms with Crippen LogP contribution >= 0.6 is 0 Å². The number of hydrogen-bond donors (Lipinski definition) is 2. The fraction of sp³-hybridized carbons (Fsp3) is 0.412. The molecule has 3 rings (SSSR count). The van der Waals surface area contributed by atoms with Gasteiger partial charge in [-0.3, -0.25) is 9.69 Å². The van der Waals surface area contributed by atoms with Gasteiger partial charge >= 0.3 is 5.97 Å². The summed E-state index contributed by atoms with van der Waals surface area (Å²) in [4.78, 5) is 13.3. The van der Waals surface area contributed by atoms with Crippen molar-refractivity contribution < 1.29 is 15.0 Å². The van der Waals surface area contributed by atoms with Crippen molar-refractivity contribution in [2.75, 3.05) is 6.54 Å². The minimum atomic E-state index is -0.882. The summed E-state index contributed by atoms with van der Waals surface area (Å²) in [6.07, 6.45) is 3.29. The highest BCUT2D eigenvalue weighted by molar-refractivity contribution is 5.74. The molecule has 1 aliphatic heterocycles. The van der Waals surface area contributed by atoms with Gasteiger partial charge in [-0.25, -0.2) is 4.68 Å². The molecule has 2 heterocycles. The number of hydrogen-bond acceptors (Lipinski definition) is 4. The van der Waals surface area contributed by atoms with E-state index >= 15 is 0 Å². The number of rotatable bonds is 4. The third-order valence-electron chi connectivity index (χ3n) is 4.37. The van der Waals surface area contributed by atoms with Crippen molar-refractivity contribution in [3.63, 3.8) is 0 Å². The zero-order valence-corrected chi connectivity index (χ0v) is 13.3. The third kappa shape index (κ3) is 3.13. The van der Waals surface area contributed by atoms with Crippen molar-refractivity contribution in [3.8, 4) is 5.69 Å². The fourth-order valence-electron chi connectivity index (χ4n) is 3.31. The summed E-state index contributed by atoms with van der Waals surface area (Å²) >= 11 is 0. The summed E-state index contributed by atoms with van der Waals surface area (Å²) < 4.78 is 1.80. The first kappa shape index (κ1) is 15.7. The molecule has 0 amide bonds. The van der Waals surface area contributed by atoms with Crippen LogP contribution in [0.4, 0.5) is 0 Å². The van der Waals surface area contributed by atoms with Crippen LogP contribution in [0, 0.1) is 13.8 Å². The smallest absolute Gasteiger partial charge is 0.321 e. The van der Waals surface area contributed by atoms with Gasteiger partial charge in [-0.1, -0.05) is 6.07 Å². The van der Waals surface area contributed by atoms with E-state index in [-0.39, 0.29) is 6.42 Å².